The molecule has 0 fully saturated rings. The summed E-state index contributed by atoms with van der Waals surface area (Å²) in [4.78, 5) is 0. The molecule has 2 N–H and O–H groups in total. The molecule has 0 aromatic heterocycles. The first kappa shape index (κ1) is 30.8. The van der Waals surface area contributed by atoms with Crippen molar-refractivity contribution in [1.82, 2.24) is 9.44 Å². The summed E-state index contributed by atoms with van der Waals surface area (Å²) < 4.78 is 52.6. The Hall–Kier alpha value is -1.20. The van der Waals surface area contributed by atoms with Crippen LogP contribution in [0.15, 0.2) is 0 Å². The van der Waals surface area contributed by atoms with Gasteiger partial charge in [0.25, 0.3) is 0 Å². The summed E-state index contributed by atoms with van der Waals surface area (Å²) in [6.45, 7) is 1.68. The van der Waals surface area contributed by atoms with Gasteiger partial charge in [-0.2, -0.15) is 10.5 Å². The van der Waals surface area contributed by atoms with E-state index in [4.69, 9.17) is 10.5 Å². The Balaban J connectivity index is 3.93. The van der Waals surface area contributed by atoms with Crippen molar-refractivity contribution in [3.63, 3.8) is 0 Å². The maximum atomic E-state index is 12.3. The van der Waals surface area contributed by atoms with Crippen LogP contribution in [0.4, 0.5) is 0 Å². The average Bonchev–Trinajstić information content (AvgIpc) is 2.75. The molecule has 0 radical (unpaired) electrons. The van der Waals surface area contributed by atoms with Gasteiger partial charge in [-0.15, -0.1) is 0 Å². The highest BCUT2D eigenvalue weighted by atomic mass is 32.3. The van der Waals surface area contributed by atoms with Crippen molar-refractivity contribution in [3.8, 4) is 12.1 Å². The molecule has 0 unspecified atom stereocenters. The molecule has 0 bridgehead atoms. The van der Waals surface area contributed by atoms with Crippen molar-refractivity contribution in [2.45, 2.75) is 114 Å². The van der Waals surface area contributed by atoms with Crippen LogP contribution < -0.4 is 9.44 Å². The van der Waals surface area contributed by atoms with E-state index in [0.717, 1.165) is 77.0 Å². The zero-order valence-electron chi connectivity index (χ0n) is 19.6. The summed E-state index contributed by atoms with van der Waals surface area (Å²) in [5, 5.41) is 17.0. The van der Waals surface area contributed by atoms with Gasteiger partial charge in [0, 0.05) is 25.9 Å². The Bertz CT molecular complexity index is 692. The number of nitriles is 2. The molecule has 0 heterocycles. The van der Waals surface area contributed by atoms with Crippen molar-refractivity contribution in [1.29, 1.82) is 10.5 Å². The van der Waals surface area contributed by atoms with Crippen LogP contribution in [0.25, 0.3) is 0 Å². The fraction of sp³-hybridized carbons (Fsp3) is 0.909. The minimum absolute atomic E-state index is 0.241. The number of unbranched alkanes of at least 4 members (excludes halogenated alkanes) is 14. The van der Waals surface area contributed by atoms with E-state index in [0.29, 0.717) is 25.7 Å². The molecule has 0 aliphatic rings. The fourth-order valence-electron chi connectivity index (χ4n) is 3.26. The topological polar surface area (TPSA) is 140 Å². The Morgan fingerprint density at radius 3 is 1.16 bits per heavy atom. The number of sulfonamides is 2. The summed E-state index contributed by atoms with van der Waals surface area (Å²) in [5.74, 6) is 0. The first-order valence-electron chi connectivity index (χ1n) is 12.0. The van der Waals surface area contributed by atoms with Crippen LogP contribution in [0, 0.1) is 22.7 Å². The highest BCUT2D eigenvalue weighted by Crippen LogP contribution is 2.11. The highest BCUT2D eigenvalue weighted by molar-refractivity contribution is 8.07. The zero-order chi connectivity index (χ0) is 24.1. The lowest BCUT2D eigenvalue weighted by Gasteiger charge is -2.15. The lowest BCUT2D eigenvalue weighted by atomic mass is 10.1. The van der Waals surface area contributed by atoms with Crippen LogP contribution in [0.1, 0.15) is 110 Å². The summed E-state index contributed by atoms with van der Waals surface area (Å²) in [6.07, 6.45) is 14.6. The second kappa shape index (κ2) is 19.3. The van der Waals surface area contributed by atoms with Crippen LogP contribution >= 0.6 is 0 Å². The maximum Gasteiger partial charge on any atom is 0.230 e. The molecule has 0 aromatic rings. The minimum Gasteiger partial charge on any atom is -0.214 e. The SMILES string of the molecule is CC(S(=O)(=O)NCCCCCCCCCC#N)S(=O)(=O)NCCCCCCCCCC#N. The summed E-state index contributed by atoms with van der Waals surface area (Å²) in [6, 6.07) is 4.26. The summed E-state index contributed by atoms with van der Waals surface area (Å²) >= 11 is 0. The molecule has 0 saturated carbocycles. The monoisotopic (exact) mass is 490 g/mol. The zero-order valence-corrected chi connectivity index (χ0v) is 21.3. The van der Waals surface area contributed by atoms with Crippen LogP contribution in [0.2, 0.25) is 0 Å². The Kier molecular flexibility index (Phi) is 18.6. The van der Waals surface area contributed by atoms with Crippen LogP contribution in [-0.4, -0.2) is 34.5 Å². The normalized spacial score (nSPS) is 12.0. The Morgan fingerprint density at radius 2 is 0.844 bits per heavy atom. The van der Waals surface area contributed by atoms with Gasteiger partial charge in [0.05, 0.1) is 12.1 Å². The average molecular weight is 491 g/mol. The third kappa shape index (κ3) is 16.4. The van der Waals surface area contributed by atoms with Crippen LogP contribution in [0.5, 0.6) is 0 Å². The van der Waals surface area contributed by atoms with E-state index >= 15 is 0 Å². The summed E-state index contributed by atoms with van der Waals surface area (Å²) in [5.41, 5.74) is 0. The number of hydrogen-bond acceptors (Lipinski definition) is 6. The standard InChI is InChI=1S/C22H42N4O4S2/c1-22(31(27,28)25-20-16-12-8-4-2-6-10-14-18-23)32(29,30)26-21-17-13-9-5-3-7-11-15-19-24/h22,25-26H,2-17,20-21H2,1H3. The van der Waals surface area contributed by atoms with Gasteiger partial charge in [-0.05, 0) is 32.6 Å². The second-order valence-electron chi connectivity index (χ2n) is 8.21. The van der Waals surface area contributed by atoms with Gasteiger partial charge >= 0.3 is 0 Å². The van der Waals surface area contributed by atoms with E-state index in [-0.39, 0.29) is 13.1 Å². The van der Waals surface area contributed by atoms with Gasteiger partial charge in [0.15, 0.2) is 4.58 Å². The molecule has 0 amide bonds. The molecule has 0 aliphatic carbocycles. The molecule has 0 atom stereocenters. The first-order chi connectivity index (χ1) is 15.3. The smallest absolute Gasteiger partial charge is 0.214 e. The van der Waals surface area contributed by atoms with Crippen molar-refractivity contribution < 1.29 is 16.8 Å². The van der Waals surface area contributed by atoms with Crippen molar-refractivity contribution in [3.05, 3.63) is 0 Å². The minimum atomic E-state index is -3.94. The quantitative estimate of drug-likeness (QED) is 0.215. The Labute approximate surface area is 196 Å². The molecule has 0 rings (SSSR count). The van der Waals surface area contributed by atoms with Crippen molar-refractivity contribution >= 4 is 20.0 Å². The third-order valence-electron chi connectivity index (χ3n) is 5.41. The van der Waals surface area contributed by atoms with Crippen LogP contribution in [-0.2, 0) is 20.0 Å². The lowest BCUT2D eigenvalue weighted by molar-refractivity contribution is 0.548. The third-order valence-corrected chi connectivity index (χ3v) is 9.89. The fourth-order valence-corrected chi connectivity index (χ4v) is 6.33. The largest absolute Gasteiger partial charge is 0.230 e. The number of hydrogen-bond donors (Lipinski definition) is 2. The van der Waals surface area contributed by atoms with E-state index in [1.807, 2.05) is 0 Å². The number of nitrogens with one attached hydrogen (secondary N) is 2. The van der Waals surface area contributed by atoms with Gasteiger partial charge in [0.2, 0.25) is 20.0 Å². The molecular formula is C22H42N4O4S2. The number of nitrogens with zero attached hydrogens (tertiary/aromatic N) is 2. The molecule has 0 aromatic carbocycles. The van der Waals surface area contributed by atoms with E-state index in [9.17, 15) is 16.8 Å². The lowest BCUT2D eigenvalue weighted by Crippen LogP contribution is -2.43. The summed E-state index contributed by atoms with van der Waals surface area (Å²) in [7, 11) is -7.88. The predicted octanol–water partition coefficient (Wildman–Crippen LogP) is 4.46. The van der Waals surface area contributed by atoms with Crippen molar-refractivity contribution in [2.24, 2.45) is 0 Å². The molecule has 0 aliphatic heterocycles. The van der Waals surface area contributed by atoms with Gasteiger partial charge < -0.3 is 0 Å². The Morgan fingerprint density at radius 1 is 0.562 bits per heavy atom. The molecule has 8 nitrogen and oxygen atoms in total. The van der Waals surface area contributed by atoms with Gasteiger partial charge in [-0.3, -0.25) is 0 Å². The second-order valence-corrected chi connectivity index (χ2v) is 12.7. The van der Waals surface area contributed by atoms with Gasteiger partial charge in [-0.1, -0.05) is 64.2 Å². The first-order valence-corrected chi connectivity index (χ1v) is 15.1. The maximum absolute atomic E-state index is 12.3. The van der Waals surface area contributed by atoms with E-state index < -0.39 is 24.6 Å². The number of rotatable bonds is 22. The molecule has 0 spiro atoms. The van der Waals surface area contributed by atoms with E-state index in [1.165, 1.54) is 6.92 Å². The van der Waals surface area contributed by atoms with Gasteiger partial charge in [0.1, 0.15) is 0 Å². The molecule has 10 heteroatoms. The highest BCUT2D eigenvalue weighted by Gasteiger charge is 2.32. The van der Waals surface area contributed by atoms with Gasteiger partial charge in [-0.25, -0.2) is 26.3 Å². The molecule has 32 heavy (non-hydrogen) atoms. The van der Waals surface area contributed by atoms with Crippen molar-refractivity contribution in [2.75, 3.05) is 13.1 Å². The van der Waals surface area contributed by atoms with Crippen LogP contribution in [0.3, 0.4) is 0 Å². The predicted molar refractivity (Wildman–Crippen MR) is 128 cm³/mol. The van der Waals surface area contributed by atoms with E-state index in [2.05, 4.69) is 21.6 Å². The molecule has 0 saturated heterocycles. The molecular weight excluding hydrogens is 448 g/mol. The molecule has 186 valence electrons. The van der Waals surface area contributed by atoms with E-state index in [1.54, 1.807) is 0 Å².